The van der Waals surface area contributed by atoms with Crippen molar-refractivity contribution in [2.75, 3.05) is 38.9 Å². The fourth-order valence-corrected chi connectivity index (χ4v) is 7.69. The summed E-state index contributed by atoms with van der Waals surface area (Å²) in [5.41, 5.74) is 8.77. The van der Waals surface area contributed by atoms with Crippen LogP contribution in [0.2, 0.25) is 0 Å². The number of unbranched alkanes of at least 4 members (excludes halogenated alkanes) is 6. The van der Waals surface area contributed by atoms with Gasteiger partial charge in [-0.2, -0.15) is 40.9 Å². The number of rotatable bonds is 26. The highest BCUT2D eigenvalue weighted by Crippen LogP contribution is 2.24. The lowest BCUT2D eigenvalue weighted by atomic mass is 10.2. The van der Waals surface area contributed by atoms with Gasteiger partial charge in [-0.25, -0.2) is 18.3 Å². The first kappa shape index (κ1) is 54.8. The molecule has 388 valence electrons. The van der Waals surface area contributed by atoms with Gasteiger partial charge in [0.25, 0.3) is 0 Å². The third-order valence-corrected chi connectivity index (χ3v) is 12.2. The molecule has 4 aromatic heterocycles. The van der Waals surface area contributed by atoms with Gasteiger partial charge in [-0.1, -0.05) is 0 Å². The Morgan fingerprint density at radius 2 is 0.474 bits per heavy atom. The summed E-state index contributed by atoms with van der Waals surface area (Å²) < 4.78 is 19.1. The summed E-state index contributed by atoms with van der Waals surface area (Å²) in [6.07, 6.45) is 25.9. The number of nitrogens with zero attached hydrogens (tertiary/aromatic N) is 12. The van der Waals surface area contributed by atoms with Gasteiger partial charge in [-0.3, -0.25) is 0 Å². The summed E-state index contributed by atoms with van der Waals surface area (Å²) in [6.45, 7) is 4.01. The predicted octanol–water partition coefficient (Wildman–Crippen LogP) is 14.8. The van der Waals surface area contributed by atoms with Crippen molar-refractivity contribution in [3.63, 3.8) is 0 Å². The molecule has 76 heavy (non-hydrogen) atoms. The number of ether oxygens (including phenoxy) is 2. The fourth-order valence-electron chi connectivity index (χ4n) is 7.69. The van der Waals surface area contributed by atoms with Crippen molar-refractivity contribution in [2.24, 2.45) is 40.9 Å². The third kappa shape index (κ3) is 19.5. The lowest BCUT2D eigenvalue weighted by Gasteiger charge is -2.00. The summed E-state index contributed by atoms with van der Waals surface area (Å²) >= 11 is 0. The molecule has 0 radical (unpaired) electrons. The molecule has 0 atom stereocenters. The number of azo groups is 4. The van der Waals surface area contributed by atoms with E-state index in [1.165, 1.54) is 25.7 Å². The van der Waals surface area contributed by atoms with E-state index in [1.807, 2.05) is 160 Å². The van der Waals surface area contributed by atoms with Gasteiger partial charge in [0.2, 0.25) is 0 Å². The number of hydrogen-bond donors (Lipinski definition) is 2. The van der Waals surface area contributed by atoms with Crippen LogP contribution in [0.15, 0.2) is 236 Å². The molecule has 0 aliphatic heterocycles. The maximum atomic E-state index is 5.16. The maximum Gasteiger partial charge on any atom is 0.171 e. The van der Waals surface area contributed by atoms with Crippen molar-refractivity contribution >= 4 is 56.9 Å². The molecule has 8 rings (SSSR count). The smallest absolute Gasteiger partial charge is 0.171 e. The number of methoxy groups -OCH3 is 2. The van der Waals surface area contributed by atoms with E-state index in [2.05, 4.69) is 119 Å². The van der Waals surface area contributed by atoms with Crippen molar-refractivity contribution in [3.05, 3.63) is 195 Å². The highest BCUT2D eigenvalue weighted by molar-refractivity contribution is 5.52. The molecule has 4 heterocycles. The Balaban J connectivity index is 0.000000221. The van der Waals surface area contributed by atoms with Gasteiger partial charge in [-0.05, 0) is 123 Å². The molecule has 0 fully saturated rings. The normalized spacial score (nSPS) is 11.3. The first-order valence-electron chi connectivity index (χ1n) is 25.9. The van der Waals surface area contributed by atoms with Crippen LogP contribution in [0.25, 0.3) is 0 Å². The molecule has 0 aliphatic carbocycles. The highest BCUT2D eigenvalue weighted by atomic mass is 16.5. The summed E-state index contributed by atoms with van der Waals surface area (Å²) in [6, 6.07) is 46.8. The Morgan fingerprint density at radius 3 is 0.671 bits per heavy atom. The molecule has 0 amide bonds. The van der Waals surface area contributed by atoms with Crippen molar-refractivity contribution in [1.29, 1.82) is 0 Å². The molecule has 16 heteroatoms. The van der Waals surface area contributed by atoms with E-state index in [1.54, 1.807) is 14.2 Å². The molecule has 0 aliphatic rings. The van der Waals surface area contributed by atoms with Gasteiger partial charge in [0, 0.05) is 99.7 Å². The zero-order valence-corrected chi connectivity index (χ0v) is 44.1. The predicted molar refractivity (Wildman–Crippen MR) is 298 cm³/mol. The number of nitrogens with one attached hydrogen (secondary N) is 2. The lowest BCUT2D eigenvalue weighted by Crippen LogP contribution is -2.33. The van der Waals surface area contributed by atoms with E-state index in [0.29, 0.717) is 0 Å². The summed E-state index contributed by atoms with van der Waals surface area (Å²) in [4.78, 5) is 0. The number of aromatic nitrogens is 4. The SMILES string of the molecule is CNc1ccc(N=Nc2cc[n+](CCCCCC[n+]3ccc(N=Nc4ccc(NC)cc4)cc3)cc2)cc1.COc1ccc(N=Nc2cc[n+](CCCCCC[n+]3ccc(N=Nc4ccc(OC)cc4)cc3)cc2)cc1. The molecule has 0 unspecified atom stereocenters. The van der Waals surface area contributed by atoms with Crippen LogP contribution >= 0.6 is 0 Å². The average molecular weight is 1020 g/mol. The largest absolute Gasteiger partial charge is 0.497 e. The Hall–Kier alpha value is -8.92. The van der Waals surface area contributed by atoms with E-state index in [-0.39, 0.29) is 0 Å². The number of aryl methyl sites for hydroxylation is 4. The van der Waals surface area contributed by atoms with Crippen molar-refractivity contribution in [2.45, 2.75) is 77.5 Å². The van der Waals surface area contributed by atoms with Gasteiger partial charge < -0.3 is 20.1 Å². The summed E-state index contributed by atoms with van der Waals surface area (Å²) in [5.74, 6) is 1.62. The van der Waals surface area contributed by atoms with Crippen LogP contribution in [0.4, 0.5) is 56.9 Å². The van der Waals surface area contributed by atoms with Crippen LogP contribution in [0.1, 0.15) is 51.4 Å². The van der Waals surface area contributed by atoms with Crippen LogP contribution in [-0.2, 0) is 26.2 Å². The van der Waals surface area contributed by atoms with E-state index in [4.69, 9.17) is 9.47 Å². The zero-order chi connectivity index (χ0) is 52.8. The van der Waals surface area contributed by atoms with Crippen LogP contribution in [0.3, 0.4) is 0 Å². The molecular formula is C60H70N14O2+4. The molecule has 2 N–H and O–H groups in total. The number of benzene rings is 4. The maximum absolute atomic E-state index is 5.16. The number of anilines is 2. The van der Waals surface area contributed by atoms with Gasteiger partial charge in [0.1, 0.15) is 37.7 Å². The van der Waals surface area contributed by atoms with Gasteiger partial charge in [0.05, 0.1) is 59.7 Å². The van der Waals surface area contributed by atoms with Crippen molar-refractivity contribution < 1.29 is 27.7 Å². The van der Waals surface area contributed by atoms with Crippen molar-refractivity contribution in [1.82, 2.24) is 0 Å². The summed E-state index contributed by atoms with van der Waals surface area (Å²) in [5, 5.41) is 40.7. The molecule has 16 nitrogen and oxygen atoms in total. The molecular weight excluding hydrogens is 949 g/mol. The standard InChI is InChI=1S/C30H34N8.C30H34N6O2/c1-31-25-7-11-27(12-8-25)33-35-29-15-21-37(22-16-29)19-5-3-4-6-20-38-23-17-30(18-24-38)36-34-28-13-9-26(32-2)10-14-28;1-37-29-11-7-25(8-12-29)31-33-27-15-21-35(22-16-27)19-5-3-4-6-20-36-23-17-28(18-24-36)34-32-26-9-13-30(38-2)14-10-26/h2*7-18,21-24H,3-6,19-20H2,1-2H3/q;+2/p+2. The Labute approximate surface area is 447 Å². The van der Waals surface area contributed by atoms with E-state index in [0.717, 1.165) is 120 Å². The lowest BCUT2D eigenvalue weighted by molar-refractivity contribution is -0.698. The zero-order valence-electron chi connectivity index (χ0n) is 44.1. The molecule has 0 saturated heterocycles. The number of hydrogen-bond acceptors (Lipinski definition) is 12. The molecule has 0 spiro atoms. The second-order valence-corrected chi connectivity index (χ2v) is 17.8. The molecule has 8 aromatic rings. The third-order valence-electron chi connectivity index (χ3n) is 12.2. The Bertz CT molecular complexity index is 2600. The molecule has 4 aromatic carbocycles. The molecule has 0 saturated carbocycles. The second kappa shape index (κ2) is 31.0. The van der Waals surface area contributed by atoms with Crippen LogP contribution in [0.5, 0.6) is 11.5 Å². The monoisotopic (exact) mass is 1020 g/mol. The first-order chi connectivity index (χ1) is 37.4. The second-order valence-electron chi connectivity index (χ2n) is 17.8. The minimum atomic E-state index is 0.798. The van der Waals surface area contributed by atoms with E-state index >= 15 is 0 Å². The quantitative estimate of drug-likeness (QED) is 0.0314. The van der Waals surface area contributed by atoms with Crippen LogP contribution in [-0.4, -0.2) is 28.3 Å². The summed E-state index contributed by atoms with van der Waals surface area (Å²) in [7, 11) is 7.10. The van der Waals surface area contributed by atoms with E-state index < -0.39 is 0 Å². The first-order valence-corrected chi connectivity index (χ1v) is 25.9. The van der Waals surface area contributed by atoms with Crippen LogP contribution < -0.4 is 38.4 Å². The minimum Gasteiger partial charge on any atom is -0.497 e. The fraction of sp³-hybridized carbons (Fsp3) is 0.267. The average Bonchev–Trinajstić information content (AvgIpc) is 3.48. The van der Waals surface area contributed by atoms with Crippen LogP contribution in [0, 0.1) is 0 Å². The number of pyridine rings is 4. The Morgan fingerprint density at radius 1 is 0.276 bits per heavy atom. The van der Waals surface area contributed by atoms with Gasteiger partial charge >= 0.3 is 0 Å². The minimum absolute atomic E-state index is 0.798. The molecule has 0 bridgehead atoms. The van der Waals surface area contributed by atoms with E-state index in [9.17, 15) is 0 Å². The van der Waals surface area contributed by atoms with Gasteiger partial charge in [-0.15, -0.1) is 0 Å². The van der Waals surface area contributed by atoms with Gasteiger partial charge in [0.15, 0.2) is 49.6 Å². The highest BCUT2D eigenvalue weighted by Gasteiger charge is 2.07. The topological polar surface area (TPSA) is 157 Å². The Kier molecular flexibility index (Phi) is 22.3. The van der Waals surface area contributed by atoms with Crippen molar-refractivity contribution in [3.8, 4) is 11.5 Å².